The lowest BCUT2D eigenvalue weighted by molar-refractivity contribution is 0.000439. The summed E-state index contributed by atoms with van der Waals surface area (Å²) in [5.41, 5.74) is -1.29. The third kappa shape index (κ3) is 3.85. The van der Waals surface area contributed by atoms with Crippen LogP contribution in [0, 0.1) is 0 Å². The summed E-state index contributed by atoms with van der Waals surface area (Å²) >= 11 is 0. The van der Waals surface area contributed by atoms with Crippen LogP contribution in [0.2, 0.25) is 0 Å². The van der Waals surface area contributed by atoms with Crippen molar-refractivity contribution in [1.82, 2.24) is 5.32 Å². The number of aliphatic hydroxyl groups excluding tert-OH is 2. The Hall–Kier alpha value is -0.810. The highest BCUT2D eigenvalue weighted by Gasteiger charge is 2.42. The first-order chi connectivity index (χ1) is 7.79. The normalized spacial score (nSPS) is 21.0. The fourth-order valence-corrected chi connectivity index (χ4v) is 2.23. The van der Waals surface area contributed by atoms with Crippen LogP contribution in [-0.4, -0.2) is 40.2 Å². The zero-order valence-electron chi connectivity index (χ0n) is 10.8. The second-order valence-corrected chi connectivity index (χ2v) is 5.69. The van der Waals surface area contributed by atoms with Crippen molar-refractivity contribution < 1.29 is 19.7 Å². The van der Waals surface area contributed by atoms with Gasteiger partial charge in [-0.25, -0.2) is 4.79 Å². The van der Waals surface area contributed by atoms with E-state index < -0.39 is 23.3 Å². The molecule has 0 spiro atoms. The molecule has 0 saturated heterocycles. The molecule has 0 aromatic heterocycles. The molecule has 0 aliphatic heterocycles. The van der Waals surface area contributed by atoms with Crippen molar-refractivity contribution >= 4 is 6.09 Å². The molecule has 1 atom stereocenters. The van der Waals surface area contributed by atoms with Crippen LogP contribution in [0.5, 0.6) is 0 Å². The quantitative estimate of drug-likeness (QED) is 0.697. The Labute approximate surface area is 102 Å². The summed E-state index contributed by atoms with van der Waals surface area (Å²) < 4.78 is 5.18. The summed E-state index contributed by atoms with van der Waals surface area (Å²) in [5.74, 6) is 0. The van der Waals surface area contributed by atoms with Gasteiger partial charge in [0.25, 0.3) is 0 Å². The number of rotatable bonds is 3. The lowest BCUT2D eigenvalue weighted by atomic mass is 9.91. The molecule has 5 nitrogen and oxygen atoms in total. The van der Waals surface area contributed by atoms with E-state index in [1.165, 1.54) is 0 Å². The number of aliphatic hydroxyl groups is 2. The van der Waals surface area contributed by atoms with Gasteiger partial charge >= 0.3 is 6.09 Å². The zero-order chi connectivity index (χ0) is 13.1. The van der Waals surface area contributed by atoms with Crippen molar-refractivity contribution in [3.05, 3.63) is 0 Å². The van der Waals surface area contributed by atoms with Crippen LogP contribution >= 0.6 is 0 Å². The van der Waals surface area contributed by atoms with Crippen molar-refractivity contribution in [2.24, 2.45) is 0 Å². The van der Waals surface area contributed by atoms with E-state index >= 15 is 0 Å². The summed E-state index contributed by atoms with van der Waals surface area (Å²) in [6, 6.07) is 0. The SMILES string of the molecule is CC(C)(C)OC(=O)NC1(C(O)CO)CCCC1. The molecule has 0 aromatic rings. The van der Waals surface area contributed by atoms with Gasteiger partial charge in [-0.2, -0.15) is 0 Å². The first-order valence-corrected chi connectivity index (χ1v) is 6.09. The average molecular weight is 245 g/mol. The number of hydrogen-bond acceptors (Lipinski definition) is 4. The van der Waals surface area contributed by atoms with Crippen LogP contribution in [0.4, 0.5) is 4.79 Å². The van der Waals surface area contributed by atoms with Gasteiger partial charge in [-0.3, -0.25) is 0 Å². The summed E-state index contributed by atoms with van der Waals surface area (Å²) in [6.45, 7) is 5.01. The summed E-state index contributed by atoms with van der Waals surface area (Å²) in [6.07, 6.45) is 1.76. The van der Waals surface area contributed by atoms with Gasteiger partial charge in [-0.05, 0) is 33.6 Å². The number of hydrogen-bond donors (Lipinski definition) is 3. The smallest absolute Gasteiger partial charge is 0.408 e. The number of amides is 1. The molecule has 0 radical (unpaired) electrons. The van der Waals surface area contributed by atoms with E-state index in [-0.39, 0.29) is 6.61 Å². The minimum atomic E-state index is -0.933. The molecule has 0 bridgehead atoms. The molecule has 1 rings (SSSR count). The Morgan fingerprint density at radius 1 is 1.41 bits per heavy atom. The van der Waals surface area contributed by atoms with Crippen LogP contribution in [0.25, 0.3) is 0 Å². The maximum Gasteiger partial charge on any atom is 0.408 e. The van der Waals surface area contributed by atoms with Crippen LogP contribution in [0.3, 0.4) is 0 Å². The Morgan fingerprint density at radius 3 is 2.35 bits per heavy atom. The van der Waals surface area contributed by atoms with Gasteiger partial charge in [0.05, 0.1) is 12.1 Å². The second kappa shape index (κ2) is 5.23. The largest absolute Gasteiger partial charge is 0.444 e. The molecule has 1 aliphatic carbocycles. The predicted molar refractivity (Wildman–Crippen MR) is 63.7 cm³/mol. The van der Waals surface area contributed by atoms with Gasteiger partial charge in [0.15, 0.2) is 0 Å². The molecule has 0 heterocycles. The molecular weight excluding hydrogens is 222 g/mol. The molecule has 5 heteroatoms. The fraction of sp³-hybridized carbons (Fsp3) is 0.917. The average Bonchev–Trinajstić information content (AvgIpc) is 2.63. The highest BCUT2D eigenvalue weighted by molar-refractivity contribution is 5.69. The first kappa shape index (κ1) is 14.3. The van der Waals surface area contributed by atoms with E-state index in [1.54, 1.807) is 20.8 Å². The van der Waals surface area contributed by atoms with E-state index in [0.717, 1.165) is 12.8 Å². The molecule has 1 amide bonds. The summed E-state index contributed by atoms with van der Waals surface area (Å²) in [4.78, 5) is 11.7. The van der Waals surface area contributed by atoms with Gasteiger partial charge in [0.2, 0.25) is 0 Å². The first-order valence-electron chi connectivity index (χ1n) is 6.09. The van der Waals surface area contributed by atoms with E-state index in [9.17, 15) is 9.90 Å². The number of carbonyl (C=O) groups is 1. The maximum absolute atomic E-state index is 11.7. The van der Waals surface area contributed by atoms with Crippen LogP contribution in [0.15, 0.2) is 0 Å². The molecule has 1 unspecified atom stereocenters. The molecule has 0 aromatic carbocycles. The second-order valence-electron chi connectivity index (χ2n) is 5.69. The Balaban J connectivity index is 2.65. The maximum atomic E-state index is 11.7. The van der Waals surface area contributed by atoms with Crippen molar-refractivity contribution in [1.29, 1.82) is 0 Å². The van der Waals surface area contributed by atoms with Crippen LogP contribution in [-0.2, 0) is 4.74 Å². The number of carbonyl (C=O) groups excluding carboxylic acids is 1. The van der Waals surface area contributed by atoms with Crippen molar-refractivity contribution in [3.63, 3.8) is 0 Å². The van der Waals surface area contributed by atoms with Crippen LogP contribution in [0.1, 0.15) is 46.5 Å². The Bertz CT molecular complexity index is 266. The topological polar surface area (TPSA) is 78.8 Å². The lowest BCUT2D eigenvalue weighted by Gasteiger charge is -2.35. The van der Waals surface area contributed by atoms with Gasteiger partial charge in [0, 0.05) is 0 Å². The standard InChI is InChI=1S/C12H23NO4/c1-11(2,3)17-10(16)13-12(9(15)8-14)6-4-5-7-12/h9,14-15H,4-8H2,1-3H3,(H,13,16). The van der Waals surface area contributed by atoms with Gasteiger partial charge in [-0.15, -0.1) is 0 Å². The number of nitrogens with one attached hydrogen (secondary N) is 1. The van der Waals surface area contributed by atoms with Crippen molar-refractivity contribution in [2.75, 3.05) is 6.61 Å². The lowest BCUT2D eigenvalue weighted by Crippen LogP contribution is -2.57. The summed E-state index contributed by atoms with van der Waals surface area (Å²) in [5, 5.41) is 21.6. The highest BCUT2D eigenvalue weighted by atomic mass is 16.6. The van der Waals surface area contributed by atoms with E-state index in [0.29, 0.717) is 12.8 Å². The zero-order valence-corrected chi connectivity index (χ0v) is 10.8. The predicted octanol–water partition coefficient (Wildman–Crippen LogP) is 1.18. The van der Waals surface area contributed by atoms with Crippen molar-refractivity contribution in [3.8, 4) is 0 Å². The van der Waals surface area contributed by atoms with E-state index in [1.807, 2.05) is 0 Å². The Morgan fingerprint density at radius 2 is 1.94 bits per heavy atom. The third-order valence-corrected chi connectivity index (χ3v) is 3.06. The fourth-order valence-electron chi connectivity index (χ4n) is 2.23. The third-order valence-electron chi connectivity index (χ3n) is 3.06. The highest BCUT2D eigenvalue weighted by Crippen LogP contribution is 2.33. The van der Waals surface area contributed by atoms with Crippen molar-refractivity contribution in [2.45, 2.75) is 63.7 Å². The minimum Gasteiger partial charge on any atom is -0.444 e. The Kier molecular flexibility index (Phi) is 4.38. The minimum absolute atomic E-state index is 0.351. The molecule has 3 N–H and O–H groups in total. The van der Waals surface area contributed by atoms with E-state index in [4.69, 9.17) is 9.84 Å². The number of ether oxygens (including phenoxy) is 1. The van der Waals surface area contributed by atoms with E-state index in [2.05, 4.69) is 5.32 Å². The molecule has 1 aliphatic rings. The van der Waals surface area contributed by atoms with Crippen LogP contribution < -0.4 is 5.32 Å². The van der Waals surface area contributed by atoms with Gasteiger partial charge < -0.3 is 20.3 Å². The van der Waals surface area contributed by atoms with Gasteiger partial charge in [-0.1, -0.05) is 12.8 Å². The monoisotopic (exact) mass is 245 g/mol. The van der Waals surface area contributed by atoms with Gasteiger partial charge in [0.1, 0.15) is 11.7 Å². The number of alkyl carbamates (subject to hydrolysis) is 1. The summed E-state index contributed by atoms with van der Waals surface area (Å²) in [7, 11) is 0. The molecular formula is C12H23NO4. The molecule has 1 fully saturated rings. The molecule has 17 heavy (non-hydrogen) atoms. The molecule has 1 saturated carbocycles. The molecule has 100 valence electrons.